The van der Waals surface area contributed by atoms with E-state index < -0.39 is 0 Å². The molecular formula is C15H22O. The van der Waals surface area contributed by atoms with Crippen molar-refractivity contribution < 1.29 is 4.74 Å². The molecular weight excluding hydrogens is 196 g/mol. The summed E-state index contributed by atoms with van der Waals surface area (Å²) in [5.74, 6) is 0.911. The summed E-state index contributed by atoms with van der Waals surface area (Å²) < 4.78 is 5.41. The molecule has 0 spiro atoms. The average Bonchev–Trinajstić information content (AvgIpc) is 2.78. The predicted molar refractivity (Wildman–Crippen MR) is 67.5 cm³/mol. The Morgan fingerprint density at radius 2 is 2.00 bits per heavy atom. The number of hydrogen-bond donors (Lipinski definition) is 0. The van der Waals surface area contributed by atoms with Gasteiger partial charge >= 0.3 is 0 Å². The molecule has 0 amide bonds. The molecule has 2 atom stereocenters. The zero-order valence-corrected chi connectivity index (χ0v) is 10.2. The highest BCUT2D eigenvalue weighted by molar-refractivity contribution is 5.14. The molecule has 1 aliphatic rings. The van der Waals surface area contributed by atoms with Crippen LogP contribution in [-0.4, -0.2) is 13.2 Å². The minimum Gasteiger partial charge on any atom is -0.381 e. The van der Waals surface area contributed by atoms with Crippen LogP contribution < -0.4 is 0 Å². The van der Waals surface area contributed by atoms with Gasteiger partial charge in [0.15, 0.2) is 0 Å². The molecule has 0 heterocycles. The molecule has 1 aromatic carbocycles. The Morgan fingerprint density at radius 3 is 2.69 bits per heavy atom. The van der Waals surface area contributed by atoms with Gasteiger partial charge in [-0.1, -0.05) is 36.8 Å². The van der Waals surface area contributed by atoms with Gasteiger partial charge in [-0.25, -0.2) is 0 Å². The van der Waals surface area contributed by atoms with E-state index in [1.165, 1.54) is 44.1 Å². The van der Waals surface area contributed by atoms with Gasteiger partial charge in [0.2, 0.25) is 0 Å². The number of rotatable bonds is 5. The van der Waals surface area contributed by atoms with Crippen molar-refractivity contribution in [3.63, 3.8) is 0 Å². The minimum absolute atomic E-state index is 0.543. The average molecular weight is 218 g/mol. The third-order valence-electron chi connectivity index (χ3n) is 3.75. The fourth-order valence-corrected chi connectivity index (χ4v) is 2.74. The summed E-state index contributed by atoms with van der Waals surface area (Å²) in [6.07, 6.45) is 8.39. The zero-order chi connectivity index (χ0) is 11.2. The van der Waals surface area contributed by atoms with Crippen LogP contribution in [-0.2, 0) is 11.2 Å². The molecule has 1 aliphatic carbocycles. The molecule has 88 valence electrons. The Labute approximate surface area is 98.8 Å². The van der Waals surface area contributed by atoms with Crippen molar-refractivity contribution in [2.45, 2.75) is 44.6 Å². The first-order valence-corrected chi connectivity index (χ1v) is 6.45. The van der Waals surface area contributed by atoms with Crippen molar-refractivity contribution in [3.8, 4) is 0 Å². The smallest absolute Gasteiger partial charge is 0.0574 e. The zero-order valence-electron chi connectivity index (χ0n) is 10.2. The Balaban J connectivity index is 1.65. The lowest BCUT2D eigenvalue weighted by Gasteiger charge is -2.10. The van der Waals surface area contributed by atoms with E-state index in [9.17, 15) is 0 Å². The van der Waals surface area contributed by atoms with Crippen LogP contribution in [0.3, 0.4) is 0 Å². The second-order valence-corrected chi connectivity index (χ2v) is 4.91. The van der Waals surface area contributed by atoms with Crippen molar-refractivity contribution in [1.29, 1.82) is 0 Å². The van der Waals surface area contributed by atoms with Gasteiger partial charge < -0.3 is 4.74 Å². The van der Waals surface area contributed by atoms with Crippen LogP contribution in [0.4, 0.5) is 0 Å². The largest absolute Gasteiger partial charge is 0.381 e. The van der Waals surface area contributed by atoms with Gasteiger partial charge in [0.25, 0.3) is 0 Å². The van der Waals surface area contributed by atoms with Crippen LogP contribution in [0.2, 0.25) is 0 Å². The van der Waals surface area contributed by atoms with Crippen molar-refractivity contribution >= 4 is 0 Å². The maximum Gasteiger partial charge on any atom is 0.0574 e. The summed E-state index contributed by atoms with van der Waals surface area (Å²) in [5.41, 5.74) is 1.48. The van der Waals surface area contributed by atoms with Crippen LogP contribution in [0.15, 0.2) is 30.3 Å². The SMILES string of the molecule is COC1CCC(CCCc2ccccc2)C1. The van der Waals surface area contributed by atoms with E-state index in [0.717, 1.165) is 5.92 Å². The van der Waals surface area contributed by atoms with E-state index in [4.69, 9.17) is 4.74 Å². The molecule has 1 aromatic rings. The molecule has 1 heteroatoms. The van der Waals surface area contributed by atoms with Gasteiger partial charge in [-0.2, -0.15) is 0 Å². The summed E-state index contributed by atoms with van der Waals surface area (Å²) in [6, 6.07) is 10.8. The predicted octanol–water partition coefficient (Wildman–Crippen LogP) is 3.82. The molecule has 1 nitrogen and oxygen atoms in total. The Hall–Kier alpha value is -0.820. The first kappa shape index (κ1) is 11.7. The topological polar surface area (TPSA) is 9.23 Å². The van der Waals surface area contributed by atoms with Crippen molar-refractivity contribution in [1.82, 2.24) is 0 Å². The molecule has 0 N–H and O–H groups in total. The second-order valence-electron chi connectivity index (χ2n) is 4.91. The van der Waals surface area contributed by atoms with Gasteiger partial charge in [-0.05, 0) is 43.6 Å². The number of aryl methyl sites for hydroxylation is 1. The minimum atomic E-state index is 0.543. The highest BCUT2D eigenvalue weighted by Gasteiger charge is 2.23. The van der Waals surface area contributed by atoms with Crippen LogP contribution in [0.1, 0.15) is 37.7 Å². The Bertz CT molecular complexity index is 294. The first-order valence-electron chi connectivity index (χ1n) is 6.45. The van der Waals surface area contributed by atoms with Crippen molar-refractivity contribution in [3.05, 3.63) is 35.9 Å². The molecule has 0 aliphatic heterocycles. The molecule has 2 unspecified atom stereocenters. The van der Waals surface area contributed by atoms with Crippen LogP contribution in [0, 0.1) is 5.92 Å². The number of hydrogen-bond acceptors (Lipinski definition) is 1. The maximum atomic E-state index is 5.41. The lowest BCUT2D eigenvalue weighted by atomic mass is 9.98. The highest BCUT2D eigenvalue weighted by Crippen LogP contribution is 2.31. The summed E-state index contributed by atoms with van der Waals surface area (Å²) >= 11 is 0. The number of benzene rings is 1. The van der Waals surface area contributed by atoms with Gasteiger partial charge in [-0.15, -0.1) is 0 Å². The second kappa shape index (κ2) is 6.05. The number of methoxy groups -OCH3 is 1. The lowest BCUT2D eigenvalue weighted by molar-refractivity contribution is 0.105. The van der Waals surface area contributed by atoms with Gasteiger partial charge in [-0.3, -0.25) is 0 Å². The fraction of sp³-hybridized carbons (Fsp3) is 0.600. The monoisotopic (exact) mass is 218 g/mol. The normalized spacial score (nSPS) is 24.8. The Kier molecular flexibility index (Phi) is 4.41. The van der Waals surface area contributed by atoms with E-state index in [1.807, 2.05) is 7.11 Å². The maximum absolute atomic E-state index is 5.41. The summed E-state index contributed by atoms with van der Waals surface area (Å²) in [6.45, 7) is 0. The van der Waals surface area contributed by atoms with Crippen LogP contribution in [0.25, 0.3) is 0 Å². The van der Waals surface area contributed by atoms with E-state index >= 15 is 0 Å². The van der Waals surface area contributed by atoms with E-state index in [1.54, 1.807) is 0 Å². The number of ether oxygens (including phenoxy) is 1. The van der Waals surface area contributed by atoms with Crippen molar-refractivity contribution in [2.75, 3.05) is 7.11 Å². The summed E-state index contributed by atoms with van der Waals surface area (Å²) in [5, 5.41) is 0. The Morgan fingerprint density at radius 1 is 1.19 bits per heavy atom. The van der Waals surface area contributed by atoms with Gasteiger partial charge in [0.05, 0.1) is 6.10 Å². The molecule has 0 saturated heterocycles. The van der Waals surface area contributed by atoms with Gasteiger partial charge in [0.1, 0.15) is 0 Å². The van der Waals surface area contributed by atoms with E-state index in [0.29, 0.717) is 6.10 Å². The van der Waals surface area contributed by atoms with Crippen LogP contribution >= 0.6 is 0 Å². The quantitative estimate of drug-likeness (QED) is 0.730. The molecule has 0 radical (unpaired) electrons. The van der Waals surface area contributed by atoms with Crippen LogP contribution in [0.5, 0.6) is 0 Å². The molecule has 0 aromatic heterocycles. The van der Waals surface area contributed by atoms with Crippen molar-refractivity contribution in [2.24, 2.45) is 5.92 Å². The molecule has 0 bridgehead atoms. The standard InChI is InChI=1S/C15H22O/c1-16-15-11-10-14(12-15)9-5-8-13-6-3-2-4-7-13/h2-4,6-7,14-15H,5,8-12H2,1H3. The summed E-state index contributed by atoms with van der Waals surface area (Å²) in [4.78, 5) is 0. The third kappa shape index (κ3) is 3.34. The third-order valence-corrected chi connectivity index (χ3v) is 3.75. The molecule has 1 fully saturated rings. The molecule has 1 saturated carbocycles. The van der Waals surface area contributed by atoms with E-state index in [2.05, 4.69) is 30.3 Å². The first-order chi connectivity index (χ1) is 7.88. The summed E-state index contributed by atoms with van der Waals surface area (Å²) in [7, 11) is 1.84. The fourth-order valence-electron chi connectivity index (χ4n) is 2.74. The molecule has 2 rings (SSSR count). The van der Waals surface area contributed by atoms with Gasteiger partial charge in [0, 0.05) is 7.11 Å². The van der Waals surface area contributed by atoms with E-state index in [-0.39, 0.29) is 0 Å². The molecule has 16 heavy (non-hydrogen) atoms. The lowest BCUT2D eigenvalue weighted by Crippen LogP contribution is -2.04. The highest BCUT2D eigenvalue weighted by atomic mass is 16.5.